The van der Waals surface area contributed by atoms with Crippen molar-refractivity contribution in [1.29, 1.82) is 0 Å². The molecule has 0 fully saturated rings. The van der Waals surface area contributed by atoms with Crippen molar-refractivity contribution in [3.63, 3.8) is 0 Å². The van der Waals surface area contributed by atoms with Gasteiger partial charge in [-0.15, -0.1) is 0 Å². The lowest BCUT2D eigenvalue weighted by Crippen LogP contribution is -2.23. The second-order valence-electron chi connectivity index (χ2n) is 3.45. The molecule has 1 atom stereocenters. The van der Waals surface area contributed by atoms with Gasteiger partial charge in [-0.1, -0.05) is 42.5 Å². The first kappa shape index (κ1) is 11.0. The summed E-state index contributed by atoms with van der Waals surface area (Å²) in [6.45, 7) is 2.06. The van der Waals surface area contributed by atoms with Crippen molar-refractivity contribution in [1.82, 2.24) is 5.32 Å². The summed E-state index contributed by atoms with van der Waals surface area (Å²) in [5, 5.41) is 3.29. The van der Waals surface area contributed by atoms with Crippen LogP contribution in [0.3, 0.4) is 0 Å². The lowest BCUT2D eigenvalue weighted by atomic mass is 10.1. The quantitative estimate of drug-likeness (QED) is 0.702. The van der Waals surface area contributed by atoms with Gasteiger partial charge in [-0.2, -0.15) is 0 Å². The van der Waals surface area contributed by atoms with E-state index >= 15 is 0 Å². The normalized spacial score (nSPS) is 13.3. The van der Waals surface area contributed by atoms with E-state index in [9.17, 15) is 0 Å². The third-order valence-electron chi connectivity index (χ3n) is 2.38. The van der Waals surface area contributed by atoms with Gasteiger partial charge in [-0.3, -0.25) is 0 Å². The Labute approximate surface area is 86.8 Å². The fourth-order valence-electron chi connectivity index (χ4n) is 1.54. The van der Waals surface area contributed by atoms with Crippen molar-refractivity contribution in [3.05, 3.63) is 48.0 Å². The number of rotatable bonds is 5. The zero-order chi connectivity index (χ0) is 10.2. The van der Waals surface area contributed by atoms with Gasteiger partial charge in [0.1, 0.15) is 0 Å². The Morgan fingerprint density at radius 3 is 2.57 bits per heavy atom. The second-order valence-corrected chi connectivity index (χ2v) is 3.45. The van der Waals surface area contributed by atoms with E-state index < -0.39 is 0 Å². The molecule has 14 heavy (non-hydrogen) atoms. The molecule has 0 saturated heterocycles. The Bertz CT molecular complexity index is 264. The van der Waals surface area contributed by atoms with Crippen LogP contribution in [0.2, 0.25) is 0 Å². The third kappa shape index (κ3) is 3.75. The monoisotopic (exact) mass is 189 g/mol. The average Bonchev–Trinajstić information content (AvgIpc) is 2.25. The SMILES string of the molecule is CC=CC(CCc1ccccc1)NC. The number of allylic oxidation sites excluding steroid dienone is 1. The van der Waals surface area contributed by atoms with Crippen LogP contribution in [-0.4, -0.2) is 13.1 Å². The first-order chi connectivity index (χ1) is 6.86. The van der Waals surface area contributed by atoms with Crippen molar-refractivity contribution in [2.24, 2.45) is 0 Å². The standard InChI is InChI=1S/C13H19N/c1-3-7-13(14-2)11-10-12-8-5-4-6-9-12/h3-9,13-14H,10-11H2,1-2H3. The van der Waals surface area contributed by atoms with Crippen molar-refractivity contribution in [2.45, 2.75) is 25.8 Å². The number of aryl methyl sites for hydroxylation is 1. The minimum absolute atomic E-state index is 0.500. The number of benzene rings is 1. The van der Waals surface area contributed by atoms with Gasteiger partial charge in [0.2, 0.25) is 0 Å². The van der Waals surface area contributed by atoms with E-state index in [1.54, 1.807) is 0 Å². The fraction of sp³-hybridized carbons (Fsp3) is 0.385. The van der Waals surface area contributed by atoms with Crippen LogP contribution >= 0.6 is 0 Å². The van der Waals surface area contributed by atoms with Crippen LogP contribution < -0.4 is 5.32 Å². The topological polar surface area (TPSA) is 12.0 Å². The van der Waals surface area contributed by atoms with Gasteiger partial charge in [-0.25, -0.2) is 0 Å². The summed E-state index contributed by atoms with van der Waals surface area (Å²) in [6, 6.07) is 11.1. The zero-order valence-corrected chi connectivity index (χ0v) is 9.03. The van der Waals surface area contributed by atoms with Crippen LogP contribution in [0.1, 0.15) is 18.9 Å². The summed E-state index contributed by atoms with van der Waals surface area (Å²) in [6.07, 6.45) is 6.61. The molecular formula is C13H19N. The average molecular weight is 189 g/mol. The summed E-state index contributed by atoms with van der Waals surface area (Å²) >= 11 is 0. The molecule has 0 heterocycles. The van der Waals surface area contributed by atoms with Gasteiger partial charge in [0.15, 0.2) is 0 Å². The summed E-state index contributed by atoms with van der Waals surface area (Å²) in [7, 11) is 2.01. The molecule has 0 amide bonds. The highest BCUT2D eigenvalue weighted by Gasteiger charge is 2.00. The molecule has 0 saturated carbocycles. The molecule has 1 unspecified atom stereocenters. The van der Waals surface area contributed by atoms with E-state index in [-0.39, 0.29) is 0 Å². The molecule has 1 aromatic carbocycles. The number of hydrogen-bond acceptors (Lipinski definition) is 1. The predicted molar refractivity (Wildman–Crippen MR) is 62.4 cm³/mol. The second kappa shape index (κ2) is 6.39. The molecule has 1 rings (SSSR count). The Kier molecular flexibility index (Phi) is 5.02. The van der Waals surface area contributed by atoms with Crippen molar-refractivity contribution in [2.75, 3.05) is 7.05 Å². The summed E-state index contributed by atoms with van der Waals surface area (Å²) < 4.78 is 0. The van der Waals surface area contributed by atoms with Crippen LogP contribution in [0.15, 0.2) is 42.5 Å². The Hall–Kier alpha value is -1.08. The lowest BCUT2D eigenvalue weighted by Gasteiger charge is -2.10. The molecule has 0 bridgehead atoms. The van der Waals surface area contributed by atoms with E-state index in [0.29, 0.717) is 6.04 Å². The number of likely N-dealkylation sites (N-methyl/N-ethyl adjacent to an activating group) is 1. The maximum absolute atomic E-state index is 3.29. The lowest BCUT2D eigenvalue weighted by molar-refractivity contribution is 0.613. The van der Waals surface area contributed by atoms with Gasteiger partial charge < -0.3 is 5.32 Å². The highest BCUT2D eigenvalue weighted by atomic mass is 14.9. The van der Waals surface area contributed by atoms with Gasteiger partial charge >= 0.3 is 0 Å². The first-order valence-corrected chi connectivity index (χ1v) is 5.21. The van der Waals surface area contributed by atoms with E-state index in [1.807, 2.05) is 7.05 Å². The molecular weight excluding hydrogens is 170 g/mol. The Morgan fingerprint density at radius 1 is 1.29 bits per heavy atom. The molecule has 1 N–H and O–H groups in total. The maximum Gasteiger partial charge on any atom is 0.0250 e. The smallest absolute Gasteiger partial charge is 0.0250 e. The number of nitrogens with one attached hydrogen (secondary N) is 1. The van der Waals surface area contributed by atoms with Crippen LogP contribution in [0.4, 0.5) is 0 Å². The van der Waals surface area contributed by atoms with E-state index in [2.05, 4.69) is 54.7 Å². The molecule has 76 valence electrons. The van der Waals surface area contributed by atoms with Crippen LogP contribution in [-0.2, 0) is 6.42 Å². The fourth-order valence-corrected chi connectivity index (χ4v) is 1.54. The van der Waals surface area contributed by atoms with Gasteiger partial charge in [0.25, 0.3) is 0 Å². The molecule has 1 nitrogen and oxygen atoms in total. The highest BCUT2D eigenvalue weighted by Crippen LogP contribution is 2.05. The molecule has 1 aromatic rings. The maximum atomic E-state index is 3.29. The van der Waals surface area contributed by atoms with Crippen molar-refractivity contribution in [3.8, 4) is 0 Å². The molecule has 0 aliphatic heterocycles. The Balaban J connectivity index is 2.39. The minimum atomic E-state index is 0.500. The van der Waals surface area contributed by atoms with Gasteiger partial charge in [0.05, 0.1) is 0 Å². The van der Waals surface area contributed by atoms with Crippen LogP contribution in [0, 0.1) is 0 Å². The Morgan fingerprint density at radius 2 is 2.00 bits per heavy atom. The summed E-state index contributed by atoms with van der Waals surface area (Å²) in [5.41, 5.74) is 1.41. The van der Waals surface area contributed by atoms with Crippen LogP contribution in [0.25, 0.3) is 0 Å². The first-order valence-electron chi connectivity index (χ1n) is 5.21. The van der Waals surface area contributed by atoms with Crippen molar-refractivity contribution < 1.29 is 0 Å². The predicted octanol–water partition coefficient (Wildman–Crippen LogP) is 2.78. The number of hydrogen-bond donors (Lipinski definition) is 1. The minimum Gasteiger partial charge on any atom is -0.314 e. The third-order valence-corrected chi connectivity index (χ3v) is 2.38. The molecule has 0 aliphatic rings. The van der Waals surface area contributed by atoms with E-state index in [1.165, 1.54) is 5.56 Å². The molecule has 0 radical (unpaired) electrons. The van der Waals surface area contributed by atoms with E-state index in [4.69, 9.17) is 0 Å². The largest absolute Gasteiger partial charge is 0.314 e. The highest BCUT2D eigenvalue weighted by molar-refractivity contribution is 5.15. The molecule has 0 spiro atoms. The molecule has 0 aliphatic carbocycles. The van der Waals surface area contributed by atoms with Crippen molar-refractivity contribution >= 4 is 0 Å². The van der Waals surface area contributed by atoms with E-state index in [0.717, 1.165) is 12.8 Å². The van der Waals surface area contributed by atoms with Gasteiger partial charge in [-0.05, 0) is 32.4 Å². The zero-order valence-electron chi connectivity index (χ0n) is 9.03. The molecule has 1 heteroatoms. The van der Waals surface area contributed by atoms with Crippen LogP contribution in [0.5, 0.6) is 0 Å². The molecule has 0 aromatic heterocycles. The summed E-state index contributed by atoms with van der Waals surface area (Å²) in [4.78, 5) is 0. The summed E-state index contributed by atoms with van der Waals surface area (Å²) in [5.74, 6) is 0. The van der Waals surface area contributed by atoms with Gasteiger partial charge in [0, 0.05) is 6.04 Å².